The molecule has 0 N–H and O–H groups in total. The number of hydrogen-bond donors (Lipinski definition) is 0. The highest BCUT2D eigenvalue weighted by Crippen LogP contribution is 2.31. The fourth-order valence-corrected chi connectivity index (χ4v) is 2.19. The zero-order chi connectivity index (χ0) is 13.1. The summed E-state index contributed by atoms with van der Waals surface area (Å²) in [6.45, 7) is 3.42. The molecule has 2 rings (SSSR count). The number of nitrogens with zero attached hydrogens (tertiary/aromatic N) is 4. The Morgan fingerprint density at radius 1 is 1.61 bits per heavy atom. The SMILES string of the molecule is CCN(CC1CCC1)c1nc(Cl)ncc1[N+](=O)[O-]. The molecule has 0 atom stereocenters. The molecule has 0 amide bonds. The third-order valence-corrected chi connectivity index (χ3v) is 3.48. The Bertz CT molecular complexity index is 451. The molecule has 1 fully saturated rings. The van der Waals surface area contributed by atoms with Gasteiger partial charge in [-0.3, -0.25) is 10.1 Å². The molecule has 1 aliphatic carbocycles. The summed E-state index contributed by atoms with van der Waals surface area (Å²) in [7, 11) is 0. The summed E-state index contributed by atoms with van der Waals surface area (Å²) in [6, 6.07) is 0. The van der Waals surface area contributed by atoms with Crippen LogP contribution in [0.4, 0.5) is 11.5 Å². The Balaban J connectivity index is 2.26. The van der Waals surface area contributed by atoms with Gasteiger partial charge in [0.15, 0.2) is 0 Å². The molecule has 0 aliphatic heterocycles. The second-order valence-corrected chi connectivity index (χ2v) is 4.78. The number of rotatable bonds is 5. The Labute approximate surface area is 110 Å². The van der Waals surface area contributed by atoms with Gasteiger partial charge in [0, 0.05) is 13.1 Å². The highest BCUT2D eigenvalue weighted by molar-refractivity contribution is 6.28. The minimum Gasteiger partial charge on any atom is -0.351 e. The largest absolute Gasteiger partial charge is 0.351 e. The van der Waals surface area contributed by atoms with Gasteiger partial charge in [0.1, 0.15) is 6.20 Å². The van der Waals surface area contributed by atoms with Crippen molar-refractivity contribution >= 4 is 23.1 Å². The highest BCUT2D eigenvalue weighted by atomic mass is 35.5. The number of nitro groups is 1. The van der Waals surface area contributed by atoms with Gasteiger partial charge in [0.2, 0.25) is 11.1 Å². The summed E-state index contributed by atoms with van der Waals surface area (Å²) in [5, 5.41) is 11.0. The molecule has 1 heterocycles. The van der Waals surface area contributed by atoms with E-state index in [4.69, 9.17) is 11.6 Å². The van der Waals surface area contributed by atoms with Gasteiger partial charge < -0.3 is 4.90 Å². The first-order chi connectivity index (χ1) is 8.61. The Morgan fingerprint density at radius 2 is 2.33 bits per heavy atom. The van der Waals surface area contributed by atoms with Crippen molar-refractivity contribution in [3.8, 4) is 0 Å². The molecular weight excluding hydrogens is 256 g/mol. The normalized spacial score (nSPS) is 15.2. The molecule has 0 bridgehead atoms. The number of aromatic nitrogens is 2. The third-order valence-electron chi connectivity index (χ3n) is 3.30. The van der Waals surface area contributed by atoms with Gasteiger partial charge in [-0.25, -0.2) is 4.98 Å². The lowest BCUT2D eigenvalue weighted by molar-refractivity contribution is -0.384. The first-order valence-corrected chi connectivity index (χ1v) is 6.41. The van der Waals surface area contributed by atoms with Crippen LogP contribution in [0.3, 0.4) is 0 Å². The van der Waals surface area contributed by atoms with Crippen LogP contribution in [0.25, 0.3) is 0 Å². The molecule has 0 unspecified atom stereocenters. The molecular formula is C11H15ClN4O2. The maximum atomic E-state index is 11.0. The van der Waals surface area contributed by atoms with Gasteiger partial charge in [-0.1, -0.05) is 6.42 Å². The van der Waals surface area contributed by atoms with E-state index < -0.39 is 4.92 Å². The van der Waals surface area contributed by atoms with E-state index in [9.17, 15) is 10.1 Å². The zero-order valence-corrected chi connectivity index (χ0v) is 10.9. The van der Waals surface area contributed by atoms with E-state index in [1.807, 2.05) is 11.8 Å². The molecule has 0 radical (unpaired) electrons. The van der Waals surface area contributed by atoms with Crippen LogP contribution in [-0.4, -0.2) is 28.0 Å². The predicted molar refractivity (Wildman–Crippen MR) is 68.9 cm³/mol. The second kappa shape index (κ2) is 5.48. The Hall–Kier alpha value is -1.43. The van der Waals surface area contributed by atoms with E-state index in [0.29, 0.717) is 18.3 Å². The average molecular weight is 271 g/mol. The summed E-state index contributed by atoms with van der Waals surface area (Å²) in [6.07, 6.45) is 4.79. The Kier molecular flexibility index (Phi) is 3.96. The third kappa shape index (κ3) is 2.69. The molecule has 1 saturated carbocycles. The van der Waals surface area contributed by atoms with Crippen LogP contribution < -0.4 is 4.90 Å². The molecule has 1 aromatic heterocycles. The van der Waals surface area contributed by atoms with Crippen molar-refractivity contribution in [2.45, 2.75) is 26.2 Å². The summed E-state index contributed by atoms with van der Waals surface area (Å²) in [5.74, 6) is 0.938. The van der Waals surface area contributed by atoms with E-state index in [2.05, 4.69) is 9.97 Å². The first kappa shape index (κ1) is 13.0. The van der Waals surface area contributed by atoms with Crippen molar-refractivity contribution < 1.29 is 4.92 Å². The lowest BCUT2D eigenvalue weighted by Gasteiger charge is -2.32. The van der Waals surface area contributed by atoms with E-state index in [0.717, 1.165) is 6.54 Å². The van der Waals surface area contributed by atoms with Gasteiger partial charge in [0.05, 0.1) is 4.92 Å². The van der Waals surface area contributed by atoms with Crippen molar-refractivity contribution in [1.82, 2.24) is 9.97 Å². The van der Waals surface area contributed by atoms with Crippen molar-refractivity contribution in [2.75, 3.05) is 18.0 Å². The first-order valence-electron chi connectivity index (χ1n) is 6.03. The van der Waals surface area contributed by atoms with Crippen LogP contribution in [0.1, 0.15) is 26.2 Å². The Morgan fingerprint density at radius 3 is 2.83 bits per heavy atom. The van der Waals surface area contributed by atoms with Crippen LogP contribution in [0.2, 0.25) is 5.28 Å². The molecule has 98 valence electrons. The van der Waals surface area contributed by atoms with Crippen LogP contribution in [0.5, 0.6) is 0 Å². The van der Waals surface area contributed by atoms with Crippen LogP contribution in [-0.2, 0) is 0 Å². The van der Waals surface area contributed by atoms with Gasteiger partial charge in [-0.15, -0.1) is 0 Å². The van der Waals surface area contributed by atoms with Gasteiger partial charge in [-0.2, -0.15) is 4.98 Å². The van der Waals surface area contributed by atoms with Gasteiger partial charge >= 0.3 is 5.69 Å². The maximum Gasteiger partial charge on any atom is 0.329 e. The molecule has 7 heteroatoms. The standard InChI is InChI=1S/C11H15ClN4O2/c1-2-15(7-8-4-3-5-8)10-9(16(17)18)6-13-11(12)14-10/h6,8H,2-5,7H2,1H3. The van der Waals surface area contributed by atoms with Gasteiger partial charge in [-0.05, 0) is 37.3 Å². The summed E-state index contributed by atoms with van der Waals surface area (Å²) < 4.78 is 0. The van der Waals surface area contributed by atoms with Crippen molar-refractivity contribution in [3.05, 3.63) is 21.6 Å². The fourth-order valence-electron chi connectivity index (χ4n) is 2.06. The number of halogens is 1. The minimum atomic E-state index is -0.463. The lowest BCUT2D eigenvalue weighted by atomic mass is 9.85. The monoisotopic (exact) mass is 270 g/mol. The average Bonchev–Trinajstić information content (AvgIpc) is 2.27. The van der Waals surface area contributed by atoms with Crippen molar-refractivity contribution in [2.24, 2.45) is 5.92 Å². The highest BCUT2D eigenvalue weighted by Gasteiger charge is 2.26. The maximum absolute atomic E-state index is 11.0. The van der Waals surface area contributed by atoms with Crippen LogP contribution >= 0.6 is 11.6 Å². The fraction of sp³-hybridized carbons (Fsp3) is 0.636. The summed E-state index contributed by atoms with van der Waals surface area (Å²) in [5.41, 5.74) is -0.0828. The molecule has 18 heavy (non-hydrogen) atoms. The zero-order valence-electron chi connectivity index (χ0n) is 10.2. The van der Waals surface area contributed by atoms with Crippen LogP contribution in [0, 0.1) is 16.0 Å². The molecule has 0 spiro atoms. The molecule has 0 saturated heterocycles. The number of anilines is 1. The molecule has 0 aromatic carbocycles. The molecule has 1 aliphatic rings. The van der Waals surface area contributed by atoms with Crippen molar-refractivity contribution in [1.29, 1.82) is 0 Å². The predicted octanol–water partition coefficient (Wildman–Crippen LogP) is 2.66. The smallest absolute Gasteiger partial charge is 0.329 e. The van der Waals surface area contributed by atoms with E-state index in [1.165, 1.54) is 25.5 Å². The van der Waals surface area contributed by atoms with Crippen molar-refractivity contribution in [3.63, 3.8) is 0 Å². The minimum absolute atomic E-state index is 0.0441. The van der Waals surface area contributed by atoms with E-state index >= 15 is 0 Å². The van der Waals surface area contributed by atoms with Crippen LogP contribution in [0.15, 0.2) is 6.20 Å². The topological polar surface area (TPSA) is 72.2 Å². The number of hydrogen-bond acceptors (Lipinski definition) is 5. The van der Waals surface area contributed by atoms with E-state index in [1.54, 1.807) is 0 Å². The van der Waals surface area contributed by atoms with E-state index in [-0.39, 0.29) is 11.0 Å². The van der Waals surface area contributed by atoms with Gasteiger partial charge in [0.25, 0.3) is 0 Å². The summed E-state index contributed by atoms with van der Waals surface area (Å²) >= 11 is 5.74. The second-order valence-electron chi connectivity index (χ2n) is 4.44. The lowest BCUT2D eigenvalue weighted by Crippen LogP contribution is -2.33. The summed E-state index contributed by atoms with van der Waals surface area (Å²) in [4.78, 5) is 20.1. The molecule has 6 nitrogen and oxygen atoms in total. The molecule has 1 aromatic rings. The quantitative estimate of drug-likeness (QED) is 0.467.